The molecule has 0 bridgehead atoms. The van der Waals surface area contributed by atoms with Crippen LogP contribution >= 0.6 is 0 Å². The molecular weight excluding hydrogens is 344 g/mol. The first-order valence-corrected chi connectivity index (χ1v) is 9.37. The van der Waals surface area contributed by atoms with E-state index < -0.39 is 0 Å². The van der Waals surface area contributed by atoms with Crippen molar-refractivity contribution in [2.75, 3.05) is 5.32 Å². The van der Waals surface area contributed by atoms with E-state index in [0.717, 1.165) is 44.5 Å². The highest BCUT2D eigenvalue weighted by atomic mass is 16.1. The number of carbonyl (C=O) groups excluding carboxylic acids is 1. The Kier molecular flexibility index (Phi) is 4.66. The number of fused-ring (bicyclic) bond motifs is 1. The molecule has 0 aliphatic rings. The molecule has 0 saturated carbocycles. The zero-order chi connectivity index (χ0) is 19.7. The predicted octanol–water partition coefficient (Wildman–Crippen LogP) is 6.08. The molecular formula is C25H22N2O. The summed E-state index contributed by atoms with van der Waals surface area (Å²) in [5.74, 6) is -0.118. The van der Waals surface area contributed by atoms with E-state index in [0.29, 0.717) is 5.56 Å². The first-order valence-electron chi connectivity index (χ1n) is 9.37. The zero-order valence-electron chi connectivity index (χ0n) is 16.3. The Morgan fingerprint density at radius 3 is 2.25 bits per heavy atom. The van der Waals surface area contributed by atoms with Crippen LogP contribution in [0.25, 0.3) is 22.2 Å². The summed E-state index contributed by atoms with van der Waals surface area (Å²) in [5.41, 5.74) is 7.30. The average molecular weight is 366 g/mol. The summed E-state index contributed by atoms with van der Waals surface area (Å²) in [6, 6.07) is 23.9. The Balaban J connectivity index is 1.86. The molecule has 3 aromatic carbocycles. The van der Waals surface area contributed by atoms with E-state index in [1.165, 1.54) is 0 Å². The number of nitrogens with one attached hydrogen (secondary N) is 1. The smallest absolute Gasteiger partial charge is 0.256 e. The summed E-state index contributed by atoms with van der Waals surface area (Å²) in [7, 11) is 0. The van der Waals surface area contributed by atoms with E-state index in [-0.39, 0.29) is 5.91 Å². The van der Waals surface area contributed by atoms with Crippen molar-refractivity contribution in [3.8, 4) is 11.3 Å². The van der Waals surface area contributed by atoms with Crippen molar-refractivity contribution in [3.63, 3.8) is 0 Å². The van der Waals surface area contributed by atoms with Gasteiger partial charge in [0.15, 0.2) is 0 Å². The predicted molar refractivity (Wildman–Crippen MR) is 116 cm³/mol. The van der Waals surface area contributed by atoms with E-state index in [1.807, 2.05) is 93.6 Å². The van der Waals surface area contributed by atoms with Crippen molar-refractivity contribution >= 4 is 22.5 Å². The largest absolute Gasteiger partial charge is 0.321 e. The number of benzene rings is 3. The van der Waals surface area contributed by atoms with Gasteiger partial charge in [-0.3, -0.25) is 4.79 Å². The van der Waals surface area contributed by atoms with Crippen LogP contribution in [0.3, 0.4) is 0 Å². The number of carbonyl (C=O) groups is 1. The van der Waals surface area contributed by atoms with Crippen LogP contribution in [0.15, 0.2) is 72.8 Å². The first-order chi connectivity index (χ1) is 13.5. The van der Waals surface area contributed by atoms with Gasteiger partial charge in [-0.1, -0.05) is 60.2 Å². The van der Waals surface area contributed by atoms with Gasteiger partial charge in [-0.25, -0.2) is 4.98 Å². The fourth-order valence-corrected chi connectivity index (χ4v) is 3.48. The topological polar surface area (TPSA) is 42.0 Å². The molecule has 0 radical (unpaired) electrons. The molecule has 0 spiro atoms. The van der Waals surface area contributed by atoms with Crippen molar-refractivity contribution < 1.29 is 4.79 Å². The number of aromatic nitrogens is 1. The molecule has 0 atom stereocenters. The number of pyridine rings is 1. The molecule has 0 fully saturated rings. The number of hydrogen-bond donors (Lipinski definition) is 1. The van der Waals surface area contributed by atoms with Gasteiger partial charge in [0.2, 0.25) is 0 Å². The molecule has 0 aliphatic carbocycles. The Bertz CT molecular complexity index is 1160. The number of anilines is 1. The average Bonchev–Trinajstić information content (AvgIpc) is 2.70. The second kappa shape index (κ2) is 7.28. The SMILES string of the molecule is Cc1ccc2nc(-c3ccccc3)cc(C(=O)Nc3c(C)cccc3C)c2c1. The molecule has 1 amide bonds. The van der Waals surface area contributed by atoms with E-state index in [2.05, 4.69) is 5.32 Å². The number of hydrogen-bond acceptors (Lipinski definition) is 2. The number of aryl methyl sites for hydroxylation is 3. The van der Waals surface area contributed by atoms with Gasteiger partial charge >= 0.3 is 0 Å². The molecule has 1 aromatic heterocycles. The van der Waals surface area contributed by atoms with Crippen molar-refractivity contribution in [1.82, 2.24) is 4.98 Å². The van der Waals surface area contributed by atoms with Crippen molar-refractivity contribution in [1.29, 1.82) is 0 Å². The fourth-order valence-electron chi connectivity index (χ4n) is 3.48. The minimum atomic E-state index is -0.118. The normalized spacial score (nSPS) is 10.8. The summed E-state index contributed by atoms with van der Waals surface area (Å²) >= 11 is 0. The van der Waals surface area contributed by atoms with Gasteiger partial charge in [-0.15, -0.1) is 0 Å². The van der Waals surface area contributed by atoms with Crippen molar-refractivity contribution in [3.05, 3.63) is 95.1 Å². The molecule has 1 heterocycles. The zero-order valence-corrected chi connectivity index (χ0v) is 16.3. The van der Waals surface area contributed by atoms with Gasteiger partial charge in [0, 0.05) is 16.6 Å². The third-order valence-electron chi connectivity index (χ3n) is 5.00. The monoisotopic (exact) mass is 366 g/mol. The lowest BCUT2D eigenvalue weighted by Gasteiger charge is -2.14. The van der Waals surface area contributed by atoms with Crippen LogP contribution in [0.5, 0.6) is 0 Å². The first kappa shape index (κ1) is 17.9. The Labute approximate surface area is 165 Å². The summed E-state index contributed by atoms with van der Waals surface area (Å²) in [6.07, 6.45) is 0. The Hall–Kier alpha value is -3.46. The van der Waals surface area contributed by atoms with Crippen LogP contribution in [-0.2, 0) is 0 Å². The second-order valence-electron chi connectivity index (χ2n) is 7.16. The van der Waals surface area contributed by atoms with E-state index in [4.69, 9.17) is 4.98 Å². The number of amides is 1. The van der Waals surface area contributed by atoms with Gasteiger partial charge in [-0.05, 0) is 50.1 Å². The Morgan fingerprint density at radius 1 is 0.821 bits per heavy atom. The number of rotatable bonds is 3. The minimum Gasteiger partial charge on any atom is -0.321 e. The summed E-state index contributed by atoms with van der Waals surface area (Å²) in [5, 5.41) is 3.98. The van der Waals surface area contributed by atoms with E-state index >= 15 is 0 Å². The quantitative estimate of drug-likeness (QED) is 0.477. The molecule has 1 N–H and O–H groups in total. The van der Waals surface area contributed by atoms with Crippen LogP contribution in [0.1, 0.15) is 27.0 Å². The molecule has 3 nitrogen and oxygen atoms in total. The molecule has 0 saturated heterocycles. The van der Waals surface area contributed by atoms with Gasteiger partial charge in [0.05, 0.1) is 16.8 Å². The van der Waals surface area contributed by atoms with E-state index in [1.54, 1.807) is 0 Å². The highest BCUT2D eigenvalue weighted by Gasteiger charge is 2.16. The van der Waals surface area contributed by atoms with Gasteiger partial charge < -0.3 is 5.32 Å². The maximum absolute atomic E-state index is 13.3. The lowest BCUT2D eigenvalue weighted by molar-refractivity contribution is 0.102. The summed E-state index contributed by atoms with van der Waals surface area (Å²) in [6.45, 7) is 6.04. The number of nitrogens with zero attached hydrogens (tertiary/aromatic N) is 1. The molecule has 3 heteroatoms. The molecule has 138 valence electrons. The molecule has 4 aromatic rings. The van der Waals surface area contributed by atoms with Crippen molar-refractivity contribution in [2.45, 2.75) is 20.8 Å². The highest BCUT2D eigenvalue weighted by molar-refractivity contribution is 6.13. The van der Waals surface area contributed by atoms with Gasteiger partial charge in [0.1, 0.15) is 0 Å². The van der Waals surface area contributed by atoms with Crippen LogP contribution in [-0.4, -0.2) is 10.9 Å². The molecule has 4 rings (SSSR count). The van der Waals surface area contributed by atoms with Crippen LogP contribution < -0.4 is 5.32 Å². The van der Waals surface area contributed by atoms with Crippen LogP contribution in [0.2, 0.25) is 0 Å². The Morgan fingerprint density at radius 2 is 1.54 bits per heavy atom. The summed E-state index contributed by atoms with van der Waals surface area (Å²) < 4.78 is 0. The standard InChI is InChI=1S/C25H22N2O/c1-16-12-13-22-20(14-16)21(15-23(26-22)19-10-5-4-6-11-19)25(28)27-24-17(2)8-7-9-18(24)3/h4-15H,1-3H3,(H,27,28). The maximum atomic E-state index is 13.3. The third kappa shape index (κ3) is 3.39. The maximum Gasteiger partial charge on any atom is 0.256 e. The van der Waals surface area contributed by atoms with Gasteiger partial charge in [0.25, 0.3) is 5.91 Å². The van der Waals surface area contributed by atoms with Crippen LogP contribution in [0.4, 0.5) is 5.69 Å². The third-order valence-corrected chi connectivity index (χ3v) is 5.00. The lowest BCUT2D eigenvalue weighted by Crippen LogP contribution is -2.15. The van der Waals surface area contributed by atoms with Crippen molar-refractivity contribution in [2.24, 2.45) is 0 Å². The summed E-state index contributed by atoms with van der Waals surface area (Å²) in [4.78, 5) is 18.1. The fraction of sp³-hybridized carbons (Fsp3) is 0.120. The van der Waals surface area contributed by atoms with Gasteiger partial charge in [-0.2, -0.15) is 0 Å². The highest BCUT2D eigenvalue weighted by Crippen LogP contribution is 2.27. The second-order valence-corrected chi connectivity index (χ2v) is 7.16. The molecule has 0 aliphatic heterocycles. The van der Waals surface area contributed by atoms with Crippen LogP contribution in [0, 0.1) is 20.8 Å². The number of para-hydroxylation sites is 1. The minimum absolute atomic E-state index is 0.118. The molecule has 0 unspecified atom stereocenters. The molecule has 28 heavy (non-hydrogen) atoms. The van der Waals surface area contributed by atoms with E-state index in [9.17, 15) is 4.79 Å². The lowest BCUT2D eigenvalue weighted by atomic mass is 10.0.